The van der Waals surface area contributed by atoms with Crippen molar-refractivity contribution < 1.29 is 23.5 Å². The maximum Gasteiger partial charge on any atom is 0.261 e. The van der Waals surface area contributed by atoms with Crippen LogP contribution in [0.1, 0.15) is 69.2 Å². The maximum atomic E-state index is 13.4. The minimum Gasteiger partial charge on any atom is -0.381 e. The Labute approximate surface area is 186 Å². The Morgan fingerprint density at radius 2 is 1.75 bits per heavy atom. The number of imide groups is 1. The molecule has 0 bridgehead atoms. The lowest BCUT2D eigenvalue weighted by Crippen LogP contribution is -2.44. The Balaban J connectivity index is 1.51. The number of amides is 3. The third kappa shape index (κ3) is 4.17. The molecular formula is C25H27FN2O4. The molecule has 0 radical (unpaired) electrons. The molecule has 0 aromatic heterocycles. The summed E-state index contributed by atoms with van der Waals surface area (Å²) in [5.74, 6) is -1.26. The van der Waals surface area contributed by atoms with Crippen molar-refractivity contribution in [3.63, 3.8) is 0 Å². The first-order valence-corrected chi connectivity index (χ1v) is 11.1. The molecule has 2 heterocycles. The van der Waals surface area contributed by atoms with Crippen LogP contribution in [-0.2, 0) is 10.2 Å². The first-order chi connectivity index (χ1) is 15.4. The molecule has 0 spiro atoms. The lowest BCUT2D eigenvalue weighted by atomic mass is 9.74. The third-order valence-electron chi connectivity index (χ3n) is 6.46. The maximum absolute atomic E-state index is 13.4. The molecule has 0 saturated carbocycles. The van der Waals surface area contributed by atoms with Gasteiger partial charge in [0.05, 0.1) is 11.1 Å². The molecule has 1 fully saturated rings. The number of fused-ring (bicyclic) bond motifs is 1. The number of nitrogens with zero attached hydrogens (tertiary/aromatic N) is 1. The van der Waals surface area contributed by atoms with Crippen LogP contribution in [0.4, 0.5) is 4.39 Å². The second-order valence-corrected chi connectivity index (χ2v) is 8.46. The van der Waals surface area contributed by atoms with Crippen LogP contribution in [0.15, 0.2) is 42.5 Å². The van der Waals surface area contributed by atoms with Crippen LogP contribution >= 0.6 is 0 Å². The van der Waals surface area contributed by atoms with E-state index in [9.17, 15) is 18.8 Å². The number of hydrogen-bond acceptors (Lipinski definition) is 4. The predicted octanol–water partition coefficient (Wildman–Crippen LogP) is 3.70. The highest BCUT2D eigenvalue weighted by Crippen LogP contribution is 2.34. The highest BCUT2D eigenvalue weighted by atomic mass is 19.1. The molecule has 2 aliphatic rings. The molecule has 2 aliphatic heterocycles. The SMILES string of the molecule is CCCCN1C(=O)c2ccc(C(=O)NCC3(c4ccc(F)cc4)CCOCC3)cc2C1=O. The van der Waals surface area contributed by atoms with Crippen molar-refractivity contribution in [2.75, 3.05) is 26.3 Å². The van der Waals surface area contributed by atoms with Crippen LogP contribution in [0.25, 0.3) is 0 Å². The predicted molar refractivity (Wildman–Crippen MR) is 117 cm³/mol. The summed E-state index contributed by atoms with van der Waals surface area (Å²) in [7, 11) is 0. The third-order valence-corrected chi connectivity index (χ3v) is 6.46. The molecule has 6 nitrogen and oxygen atoms in total. The summed E-state index contributed by atoms with van der Waals surface area (Å²) in [6.07, 6.45) is 3.04. The standard InChI is InChI=1S/C25H27FN2O4/c1-2-3-12-28-23(30)20-9-4-17(15-21(20)24(28)31)22(29)27-16-25(10-13-32-14-11-25)18-5-7-19(26)8-6-18/h4-9,15H,2-3,10-14,16H2,1H3,(H,27,29). The van der Waals surface area contributed by atoms with Gasteiger partial charge in [0.25, 0.3) is 17.7 Å². The van der Waals surface area contributed by atoms with E-state index in [1.165, 1.54) is 23.1 Å². The molecule has 0 atom stereocenters. The number of unbranched alkanes of at least 4 members (excludes halogenated alkanes) is 1. The summed E-state index contributed by atoms with van der Waals surface area (Å²) in [4.78, 5) is 39.4. The molecule has 1 N–H and O–H groups in total. The minimum absolute atomic E-state index is 0.276. The molecule has 3 amide bonds. The van der Waals surface area contributed by atoms with Crippen molar-refractivity contribution in [3.8, 4) is 0 Å². The Hall–Kier alpha value is -3.06. The van der Waals surface area contributed by atoms with E-state index in [-0.39, 0.29) is 34.5 Å². The van der Waals surface area contributed by atoms with Crippen molar-refractivity contribution in [1.82, 2.24) is 10.2 Å². The minimum atomic E-state index is -0.347. The average molecular weight is 438 g/mol. The van der Waals surface area contributed by atoms with Gasteiger partial charge in [0.1, 0.15) is 5.82 Å². The lowest BCUT2D eigenvalue weighted by Gasteiger charge is -2.38. The Morgan fingerprint density at radius 3 is 2.44 bits per heavy atom. The van der Waals surface area contributed by atoms with Crippen LogP contribution in [0, 0.1) is 5.82 Å². The van der Waals surface area contributed by atoms with Gasteiger partial charge in [-0.25, -0.2) is 4.39 Å². The van der Waals surface area contributed by atoms with Crippen LogP contribution in [0.2, 0.25) is 0 Å². The number of nitrogens with one attached hydrogen (secondary N) is 1. The number of rotatable bonds is 7. The molecule has 2 aromatic carbocycles. The second kappa shape index (κ2) is 9.20. The molecule has 32 heavy (non-hydrogen) atoms. The summed E-state index contributed by atoms with van der Waals surface area (Å²) < 4.78 is 18.9. The van der Waals surface area contributed by atoms with Gasteiger partial charge < -0.3 is 10.1 Å². The topological polar surface area (TPSA) is 75.7 Å². The Morgan fingerprint density at radius 1 is 1.06 bits per heavy atom. The van der Waals surface area contributed by atoms with E-state index >= 15 is 0 Å². The largest absolute Gasteiger partial charge is 0.381 e. The van der Waals surface area contributed by atoms with Gasteiger partial charge in [0, 0.05) is 37.3 Å². The Bertz CT molecular complexity index is 1030. The van der Waals surface area contributed by atoms with Crippen LogP contribution < -0.4 is 5.32 Å². The smallest absolute Gasteiger partial charge is 0.261 e. The molecule has 4 rings (SSSR count). The van der Waals surface area contributed by atoms with Gasteiger partial charge >= 0.3 is 0 Å². The van der Waals surface area contributed by atoms with Crippen molar-refractivity contribution in [3.05, 3.63) is 70.5 Å². The highest BCUT2D eigenvalue weighted by molar-refractivity contribution is 6.22. The van der Waals surface area contributed by atoms with Gasteiger partial charge in [0.15, 0.2) is 0 Å². The highest BCUT2D eigenvalue weighted by Gasteiger charge is 2.37. The van der Waals surface area contributed by atoms with Crippen molar-refractivity contribution in [1.29, 1.82) is 0 Å². The van der Waals surface area contributed by atoms with E-state index in [2.05, 4.69) is 5.32 Å². The molecule has 7 heteroatoms. The van der Waals surface area contributed by atoms with Crippen molar-refractivity contribution in [2.24, 2.45) is 0 Å². The quantitative estimate of drug-likeness (QED) is 0.669. The van der Waals surface area contributed by atoms with Gasteiger partial charge in [-0.15, -0.1) is 0 Å². The van der Waals surface area contributed by atoms with E-state index in [1.54, 1.807) is 24.3 Å². The summed E-state index contributed by atoms with van der Waals surface area (Å²) in [5.41, 5.74) is 1.57. The first-order valence-electron chi connectivity index (χ1n) is 11.1. The zero-order chi connectivity index (χ0) is 22.7. The molecule has 1 saturated heterocycles. The number of carbonyl (C=O) groups is 3. The van der Waals surface area contributed by atoms with E-state index in [0.717, 1.165) is 18.4 Å². The second-order valence-electron chi connectivity index (χ2n) is 8.46. The van der Waals surface area contributed by atoms with Gasteiger partial charge in [0.2, 0.25) is 0 Å². The number of halogens is 1. The van der Waals surface area contributed by atoms with E-state index < -0.39 is 0 Å². The first kappa shape index (κ1) is 22.1. The summed E-state index contributed by atoms with van der Waals surface area (Å²) in [6, 6.07) is 11.0. The monoisotopic (exact) mass is 438 g/mol. The summed E-state index contributed by atoms with van der Waals surface area (Å²) in [5, 5.41) is 2.99. The van der Waals surface area contributed by atoms with Crippen molar-refractivity contribution in [2.45, 2.75) is 38.0 Å². The van der Waals surface area contributed by atoms with E-state index in [4.69, 9.17) is 4.74 Å². The number of hydrogen-bond donors (Lipinski definition) is 1. The van der Waals surface area contributed by atoms with Crippen LogP contribution in [0.5, 0.6) is 0 Å². The normalized spacial score (nSPS) is 17.4. The molecule has 168 valence electrons. The zero-order valence-corrected chi connectivity index (χ0v) is 18.2. The fourth-order valence-corrected chi connectivity index (χ4v) is 4.44. The van der Waals surface area contributed by atoms with Gasteiger partial charge in [-0.2, -0.15) is 0 Å². The Kier molecular flexibility index (Phi) is 6.37. The summed E-state index contributed by atoms with van der Waals surface area (Å²) >= 11 is 0. The molecule has 0 aliphatic carbocycles. The van der Waals surface area contributed by atoms with Crippen LogP contribution in [0.3, 0.4) is 0 Å². The van der Waals surface area contributed by atoms with E-state index in [1.807, 2.05) is 6.92 Å². The van der Waals surface area contributed by atoms with Gasteiger partial charge in [-0.1, -0.05) is 25.5 Å². The molecular weight excluding hydrogens is 411 g/mol. The molecule has 2 aromatic rings. The average Bonchev–Trinajstić information content (AvgIpc) is 3.06. The van der Waals surface area contributed by atoms with Gasteiger partial charge in [-0.05, 0) is 55.2 Å². The fraction of sp³-hybridized carbons (Fsp3) is 0.400. The summed E-state index contributed by atoms with van der Waals surface area (Å²) in [6.45, 7) is 3.88. The van der Waals surface area contributed by atoms with Gasteiger partial charge in [-0.3, -0.25) is 19.3 Å². The number of benzene rings is 2. The number of ether oxygens (including phenoxy) is 1. The zero-order valence-electron chi connectivity index (χ0n) is 18.2. The van der Waals surface area contributed by atoms with E-state index in [0.29, 0.717) is 50.3 Å². The number of carbonyl (C=O) groups excluding carboxylic acids is 3. The molecule has 0 unspecified atom stereocenters. The van der Waals surface area contributed by atoms with Crippen LogP contribution in [-0.4, -0.2) is 48.9 Å². The van der Waals surface area contributed by atoms with Crippen molar-refractivity contribution >= 4 is 17.7 Å². The lowest BCUT2D eigenvalue weighted by molar-refractivity contribution is 0.0487. The fourth-order valence-electron chi connectivity index (χ4n) is 4.44.